The van der Waals surface area contributed by atoms with Crippen molar-refractivity contribution < 1.29 is 72.1 Å². The van der Waals surface area contributed by atoms with E-state index in [1.807, 2.05) is 62.3 Å². The zero-order chi connectivity index (χ0) is 59.9. The fraction of sp³-hybridized carbons (Fsp3) is 0.742. The molecule has 1 aliphatic heterocycles. The first-order chi connectivity index (χ1) is 37.9. The third kappa shape index (κ3) is 15.9. The minimum atomic E-state index is -0.845. The van der Waals surface area contributed by atoms with Crippen molar-refractivity contribution in [3.63, 3.8) is 0 Å². The Morgan fingerprint density at radius 2 is 1.12 bits per heavy atom. The van der Waals surface area contributed by atoms with E-state index in [4.69, 9.17) is 37.9 Å². The molecule has 9 fully saturated rings. The number of carbonyl (C=O) groups excluding carboxylic acids is 5. The zero-order valence-electron chi connectivity index (χ0n) is 51.8. The third-order valence-electron chi connectivity index (χ3n) is 19.8. The largest absolute Gasteiger partial charge is 0.497 e. The highest BCUT2D eigenvalue weighted by molar-refractivity contribution is 5.83. The monoisotopic (exact) mass is 1130 g/mol. The second-order valence-electron chi connectivity index (χ2n) is 27.5. The van der Waals surface area contributed by atoms with Crippen LogP contribution in [0.2, 0.25) is 0 Å². The minimum absolute atomic E-state index is 0.0185. The SMILES string of the molecule is CCC(C)(C)C(=O)OC1(C)C2CC3CC(C2)CC1C3.CCC(C)(C)C(=O)OC12CC3CC(CC(O)(C3)C1)C2.CCC(C)(C)C(=O)OC1CCOC1=O.CCC(C)(C)C(=O)OCCOc1ccc(C(O)c2ccc(OC)cc2OC)cc1. The van der Waals surface area contributed by atoms with E-state index in [-0.39, 0.29) is 53.7 Å². The molecule has 11 rings (SSSR count). The quantitative estimate of drug-likeness (QED) is 0.0764. The summed E-state index contributed by atoms with van der Waals surface area (Å²) in [6, 6.07) is 12.4. The summed E-state index contributed by atoms with van der Waals surface area (Å²) in [6.45, 7) is 26.2. The van der Waals surface area contributed by atoms with Gasteiger partial charge in [-0.15, -0.1) is 0 Å². The number of cyclic esters (lactones) is 1. The Balaban J connectivity index is 0.000000180. The number of hydrogen-bond donors (Lipinski definition) is 2. The molecule has 0 radical (unpaired) electrons. The van der Waals surface area contributed by atoms with Crippen LogP contribution in [0.25, 0.3) is 0 Å². The van der Waals surface area contributed by atoms with Crippen molar-refractivity contribution in [3.8, 4) is 17.2 Å². The normalized spacial score (nSPS) is 29.0. The second kappa shape index (κ2) is 26.4. The van der Waals surface area contributed by atoms with Gasteiger partial charge in [-0.2, -0.15) is 0 Å². The van der Waals surface area contributed by atoms with Crippen LogP contribution in [0.4, 0.5) is 0 Å². The second-order valence-corrected chi connectivity index (χ2v) is 27.5. The van der Waals surface area contributed by atoms with Crippen LogP contribution in [0, 0.1) is 57.2 Å². The van der Waals surface area contributed by atoms with E-state index in [9.17, 15) is 34.2 Å². The molecule has 4 atom stereocenters. The van der Waals surface area contributed by atoms with E-state index in [0.29, 0.717) is 77.9 Å². The summed E-state index contributed by atoms with van der Waals surface area (Å²) in [4.78, 5) is 59.4. The highest BCUT2D eigenvalue weighted by Gasteiger charge is 2.60. The van der Waals surface area contributed by atoms with Crippen LogP contribution in [0.5, 0.6) is 17.2 Å². The number of rotatable bonds is 19. The molecule has 81 heavy (non-hydrogen) atoms. The summed E-state index contributed by atoms with van der Waals surface area (Å²) in [5, 5.41) is 21.4. The fourth-order valence-electron chi connectivity index (χ4n) is 13.1. The number of carbonyl (C=O) groups is 5. The van der Waals surface area contributed by atoms with Crippen molar-refractivity contribution in [2.75, 3.05) is 34.0 Å². The smallest absolute Gasteiger partial charge is 0.347 e. The molecule has 4 unspecified atom stereocenters. The van der Waals surface area contributed by atoms with Gasteiger partial charge in [0.25, 0.3) is 0 Å². The van der Waals surface area contributed by atoms with Crippen molar-refractivity contribution in [1.29, 1.82) is 0 Å². The third-order valence-corrected chi connectivity index (χ3v) is 19.8. The van der Waals surface area contributed by atoms with Crippen LogP contribution in [0.3, 0.4) is 0 Å². The number of benzene rings is 2. The molecule has 0 aromatic heterocycles. The molecule has 15 nitrogen and oxygen atoms in total. The summed E-state index contributed by atoms with van der Waals surface area (Å²) in [5.74, 6) is 5.01. The van der Waals surface area contributed by atoms with E-state index < -0.39 is 40.0 Å². The summed E-state index contributed by atoms with van der Waals surface area (Å²) < 4.78 is 43.3. The van der Waals surface area contributed by atoms with E-state index >= 15 is 0 Å². The summed E-state index contributed by atoms with van der Waals surface area (Å²) in [5.41, 5.74) is -1.49. The molecule has 8 bridgehead atoms. The van der Waals surface area contributed by atoms with Crippen molar-refractivity contribution in [3.05, 3.63) is 53.6 Å². The molecule has 2 N–H and O–H groups in total. The van der Waals surface area contributed by atoms with Crippen LogP contribution in [0.15, 0.2) is 42.5 Å². The van der Waals surface area contributed by atoms with Gasteiger partial charge in [-0.05, 0) is 218 Å². The molecule has 9 aliphatic rings. The average Bonchev–Trinajstić information content (AvgIpc) is 3.86. The lowest BCUT2D eigenvalue weighted by Gasteiger charge is -2.59. The summed E-state index contributed by atoms with van der Waals surface area (Å²) >= 11 is 0. The molecule has 454 valence electrons. The van der Waals surface area contributed by atoms with Crippen LogP contribution in [-0.4, -0.2) is 97.0 Å². The van der Waals surface area contributed by atoms with Gasteiger partial charge in [0.2, 0.25) is 6.10 Å². The average molecular weight is 1130 g/mol. The lowest BCUT2D eigenvalue weighted by Crippen LogP contribution is -2.61. The first-order valence-corrected chi connectivity index (χ1v) is 30.3. The molecule has 1 saturated heterocycles. The van der Waals surface area contributed by atoms with Crippen LogP contribution >= 0.6 is 0 Å². The van der Waals surface area contributed by atoms with Gasteiger partial charge in [0.05, 0.1) is 48.1 Å². The zero-order valence-corrected chi connectivity index (χ0v) is 51.8. The molecule has 8 aliphatic carbocycles. The van der Waals surface area contributed by atoms with Crippen LogP contribution in [0.1, 0.15) is 210 Å². The highest BCUT2D eigenvalue weighted by atomic mass is 16.6. The van der Waals surface area contributed by atoms with Gasteiger partial charge in [-0.25, -0.2) is 4.79 Å². The van der Waals surface area contributed by atoms with Gasteiger partial charge in [0.15, 0.2) is 0 Å². The Morgan fingerprint density at radius 1 is 0.630 bits per heavy atom. The van der Waals surface area contributed by atoms with Crippen molar-refractivity contribution in [2.45, 2.75) is 222 Å². The molecule has 0 amide bonds. The van der Waals surface area contributed by atoms with Crippen molar-refractivity contribution in [2.24, 2.45) is 57.2 Å². The van der Waals surface area contributed by atoms with E-state index in [2.05, 4.69) is 13.8 Å². The molecule has 2 aromatic carbocycles. The highest BCUT2D eigenvalue weighted by Crippen LogP contribution is 2.61. The Labute approximate surface area is 483 Å². The topological polar surface area (TPSA) is 200 Å². The van der Waals surface area contributed by atoms with Gasteiger partial charge < -0.3 is 48.1 Å². The maximum atomic E-state index is 12.5. The summed E-state index contributed by atoms with van der Waals surface area (Å²) in [6.07, 6.45) is 14.3. The Morgan fingerprint density at radius 3 is 1.60 bits per heavy atom. The van der Waals surface area contributed by atoms with Crippen molar-refractivity contribution >= 4 is 29.8 Å². The molecular weight excluding hydrogens is 1030 g/mol. The lowest BCUT2D eigenvalue weighted by atomic mass is 9.50. The van der Waals surface area contributed by atoms with E-state index in [1.54, 1.807) is 70.5 Å². The predicted molar refractivity (Wildman–Crippen MR) is 308 cm³/mol. The van der Waals surface area contributed by atoms with Gasteiger partial charge in [-0.1, -0.05) is 39.8 Å². The fourth-order valence-corrected chi connectivity index (χ4v) is 13.1. The molecule has 0 spiro atoms. The van der Waals surface area contributed by atoms with Gasteiger partial charge in [0.1, 0.15) is 47.8 Å². The molecule has 1 heterocycles. The maximum Gasteiger partial charge on any atom is 0.347 e. The number of hydrogen-bond acceptors (Lipinski definition) is 15. The Hall–Kier alpha value is -4.89. The Bertz CT molecular complexity index is 2430. The van der Waals surface area contributed by atoms with Gasteiger partial charge in [-0.3, -0.25) is 19.2 Å². The first kappa shape index (κ1) is 65.3. The van der Waals surface area contributed by atoms with Gasteiger partial charge in [0, 0.05) is 24.5 Å². The van der Waals surface area contributed by atoms with Gasteiger partial charge >= 0.3 is 29.8 Å². The molecule has 15 heteroatoms. The number of aliphatic hydroxyl groups excluding tert-OH is 1. The molecule has 2 aromatic rings. The number of methoxy groups -OCH3 is 2. The number of esters is 5. The van der Waals surface area contributed by atoms with Crippen LogP contribution in [-0.2, 0) is 47.7 Å². The summed E-state index contributed by atoms with van der Waals surface area (Å²) in [7, 11) is 3.13. The number of aliphatic hydroxyl groups is 2. The standard InChI is InChI=1S/C23H30O6.C17H28O2.C16H26O3.C10H16O4/c1-6-23(2,3)22(25)29-14-13-28-17-9-7-16(8-10-17)21(24)19-12-11-18(26-4)15-20(19)27-5;1-5-16(2,3)15(18)19-17(4)13-7-11-6-12(9-13)10-14(17)8-11;1-4-14(2,3)13(17)19-16-8-11-5-12(9-16)7-15(18,6-11)10-16;1-4-10(2,3)9(12)14-7-5-6-13-8(7)11/h7-12,15,21,24H,6,13-14H2,1-5H3;11-14H,5-10H2,1-4H3;11-12,18H,4-10H2,1-3H3;7H,4-6H2,1-3H3. The first-order valence-electron chi connectivity index (χ1n) is 30.3. The van der Waals surface area contributed by atoms with Crippen molar-refractivity contribution in [1.82, 2.24) is 0 Å². The number of ether oxygens (including phenoxy) is 8. The predicted octanol–water partition coefficient (Wildman–Crippen LogP) is 12.7. The van der Waals surface area contributed by atoms with Crippen LogP contribution < -0.4 is 14.2 Å². The maximum absolute atomic E-state index is 12.5. The minimum Gasteiger partial charge on any atom is -0.497 e. The van der Waals surface area contributed by atoms with E-state index in [1.165, 1.54) is 38.5 Å². The lowest BCUT2D eigenvalue weighted by molar-refractivity contribution is -0.225. The Kier molecular flexibility index (Phi) is 21.2. The molecule has 8 saturated carbocycles. The molecular formula is C66H100O15. The van der Waals surface area contributed by atoms with E-state index in [0.717, 1.165) is 56.8 Å².